The molecular weight excluding hydrogens is 426 g/mol. The third-order valence-corrected chi connectivity index (χ3v) is 8.85. The second kappa shape index (κ2) is 8.78. The fourth-order valence-electron chi connectivity index (χ4n) is 4.16. The Morgan fingerprint density at radius 2 is 1.97 bits per heavy atom. The molecule has 0 radical (unpaired) electrons. The van der Waals surface area contributed by atoms with Gasteiger partial charge in [-0.3, -0.25) is 14.2 Å². The maximum atomic E-state index is 13.1. The van der Waals surface area contributed by atoms with Gasteiger partial charge in [0.2, 0.25) is 15.9 Å². The lowest BCUT2D eigenvalue weighted by Crippen LogP contribution is -2.41. The van der Waals surface area contributed by atoms with Crippen molar-refractivity contribution in [3.05, 3.63) is 27.9 Å². The summed E-state index contributed by atoms with van der Waals surface area (Å²) in [6, 6.07) is 4.84. The number of hydrogen-bond acceptors (Lipinski definition) is 6. The molecule has 2 saturated heterocycles. The lowest BCUT2D eigenvalue weighted by atomic mass is 10.1. The number of ether oxygens (including phenoxy) is 1. The largest absolute Gasteiger partial charge is 0.378 e. The van der Waals surface area contributed by atoms with Crippen LogP contribution in [0.25, 0.3) is 10.2 Å². The highest BCUT2D eigenvalue weighted by Gasteiger charge is 2.31. The van der Waals surface area contributed by atoms with Gasteiger partial charge in [0.15, 0.2) is 0 Å². The normalized spacial score (nSPS) is 21.2. The van der Waals surface area contributed by atoms with E-state index in [1.165, 1.54) is 0 Å². The number of sulfonamides is 1. The Balaban J connectivity index is 1.55. The molecule has 0 spiro atoms. The number of morpholine rings is 1. The van der Waals surface area contributed by atoms with E-state index in [1.807, 2.05) is 6.92 Å². The van der Waals surface area contributed by atoms with Crippen LogP contribution in [0.5, 0.6) is 0 Å². The van der Waals surface area contributed by atoms with Crippen LogP contribution < -0.4 is 4.87 Å². The fourth-order valence-corrected chi connectivity index (χ4v) is 6.92. The van der Waals surface area contributed by atoms with E-state index in [2.05, 4.69) is 0 Å². The van der Waals surface area contributed by atoms with Crippen LogP contribution in [0, 0.1) is 0 Å². The van der Waals surface area contributed by atoms with Gasteiger partial charge in [-0.1, -0.05) is 17.8 Å². The number of piperidine rings is 1. The summed E-state index contributed by atoms with van der Waals surface area (Å²) in [6.45, 7) is 4.99. The van der Waals surface area contributed by atoms with Crippen molar-refractivity contribution < 1.29 is 17.9 Å². The zero-order valence-corrected chi connectivity index (χ0v) is 18.7. The molecule has 0 bridgehead atoms. The predicted octanol–water partition coefficient (Wildman–Crippen LogP) is 1.88. The number of fused-ring (bicyclic) bond motifs is 1. The first kappa shape index (κ1) is 21.5. The number of carbonyl (C=O) groups excluding carboxylic acids is 1. The molecule has 1 atom stereocenters. The number of carbonyl (C=O) groups is 1. The number of thiazole rings is 1. The van der Waals surface area contributed by atoms with E-state index in [-0.39, 0.29) is 34.7 Å². The third-order valence-electron chi connectivity index (χ3n) is 5.90. The molecule has 0 N–H and O–H groups in total. The number of nitrogens with zero attached hydrogens (tertiary/aromatic N) is 3. The Hall–Kier alpha value is -1.75. The molecule has 1 aromatic carbocycles. The van der Waals surface area contributed by atoms with E-state index in [9.17, 15) is 18.0 Å². The molecule has 3 heterocycles. The average Bonchev–Trinajstić information content (AvgIpc) is 3.07. The first-order valence-electron chi connectivity index (χ1n) is 10.4. The lowest BCUT2D eigenvalue weighted by Gasteiger charge is -2.32. The Labute approximate surface area is 180 Å². The summed E-state index contributed by atoms with van der Waals surface area (Å²) in [5, 5.41) is 0. The highest BCUT2D eigenvalue weighted by Crippen LogP contribution is 2.28. The van der Waals surface area contributed by atoms with Crippen LogP contribution in [0.4, 0.5) is 0 Å². The van der Waals surface area contributed by atoms with Gasteiger partial charge in [-0.15, -0.1) is 0 Å². The summed E-state index contributed by atoms with van der Waals surface area (Å²) in [5.41, 5.74) is 0.672. The van der Waals surface area contributed by atoms with Crippen molar-refractivity contribution >= 4 is 37.5 Å². The highest BCUT2D eigenvalue weighted by molar-refractivity contribution is 7.89. The van der Waals surface area contributed by atoms with Crippen LogP contribution in [0.2, 0.25) is 0 Å². The van der Waals surface area contributed by atoms with E-state index in [0.717, 1.165) is 30.6 Å². The van der Waals surface area contributed by atoms with Crippen molar-refractivity contribution in [3.8, 4) is 0 Å². The molecule has 4 rings (SSSR count). The summed E-state index contributed by atoms with van der Waals surface area (Å²) in [7, 11) is -3.59. The van der Waals surface area contributed by atoms with Gasteiger partial charge < -0.3 is 9.64 Å². The first-order valence-corrected chi connectivity index (χ1v) is 12.6. The summed E-state index contributed by atoms with van der Waals surface area (Å²) >= 11 is 1.02. The molecule has 30 heavy (non-hydrogen) atoms. The second-order valence-corrected chi connectivity index (χ2v) is 10.7. The van der Waals surface area contributed by atoms with Gasteiger partial charge in [0.05, 0.1) is 28.3 Å². The molecule has 0 saturated carbocycles. The van der Waals surface area contributed by atoms with Crippen LogP contribution in [0.1, 0.15) is 32.6 Å². The molecule has 1 unspecified atom stereocenters. The van der Waals surface area contributed by atoms with Gasteiger partial charge >= 0.3 is 4.87 Å². The zero-order valence-electron chi connectivity index (χ0n) is 17.1. The van der Waals surface area contributed by atoms with Crippen molar-refractivity contribution in [2.75, 3.05) is 32.8 Å². The first-order chi connectivity index (χ1) is 14.4. The molecule has 2 aliphatic heterocycles. The number of aryl methyl sites for hydroxylation is 1. The topological polar surface area (TPSA) is 88.9 Å². The minimum atomic E-state index is -3.59. The van der Waals surface area contributed by atoms with Crippen LogP contribution in [0.15, 0.2) is 27.9 Å². The summed E-state index contributed by atoms with van der Waals surface area (Å²) in [4.78, 5) is 26.7. The standard InChI is InChI=1S/C20H27N3O5S2/c1-15-4-2-3-8-23(15)30(26,27)16-5-6-17-18(14-16)29-20(25)22(17)9-7-19(24)21-10-12-28-13-11-21/h5-6,14-15H,2-4,7-13H2,1H3. The second-order valence-electron chi connectivity index (χ2n) is 7.85. The monoisotopic (exact) mass is 453 g/mol. The molecule has 10 heteroatoms. The average molecular weight is 454 g/mol. The maximum Gasteiger partial charge on any atom is 0.308 e. The molecule has 1 aromatic heterocycles. The van der Waals surface area contributed by atoms with Crippen molar-refractivity contribution in [3.63, 3.8) is 0 Å². The smallest absolute Gasteiger partial charge is 0.308 e. The lowest BCUT2D eigenvalue weighted by molar-refractivity contribution is -0.135. The summed E-state index contributed by atoms with van der Waals surface area (Å²) in [6.07, 6.45) is 3.01. The molecule has 1 amide bonds. The van der Waals surface area contributed by atoms with Crippen LogP contribution >= 0.6 is 11.3 Å². The van der Waals surface area contributed by atoms with Gasteiger partial charge in [-0.2, -0.15) is 4.31 Å². The maximum absolute atomic E-state index is 13.1. The number of rotatable bonds is 5. The van der Waals surface area contributed by atoms with Crippen molar-refractivity contribution in [1.29, 1.82) is 0 Å². The van der Waals surface area contributed by atoms with Gasteiger partial charge in [0, 0.05) is 38.6 Å². The van der Waals surface area contributed by atoms with Gasteiger partial charge in [0.1, 0.15) is 0 Å². The van der Waals surface area contributed by atoms with Crippen molar-refractivity contribution in [1.82, 2.24) is 13.8 Å². The third kappa shape index (κ3) is 4.18. The molecule has 164 valence electrons. The van der Waals surface area contributed by atoms with Crippen LogP contribution in [-0.4, -0.2) is 67.0 Å². The molecule has 0 aliphatic carbocycles. The number of hydrogen-bond donors (Lipinski definition) is 0. The Bertz CT molecular complexity index is 1090. The quantitative estimate of drug-likeness (QED) is 0.690. The molecule has 2 fully saturated rings. The van der Waals surface area contributed by atoms with Crippen molar-refractivity contribution in [2.24, 2.45) is 0 Å². The van der Waals surface area contributed by atoms with Gasteiger partial charge in [-0.25, -0.2) is 8.42 Å². The van der Waals surface area contributed by atoms with E-state index in [1.54, 1.807) is 32.0 Å². The van der Waals surface area contributed by atoms with Gasteiger partial charge in [0.25, 0.3) is 0 Å². The zero-order chi connectivity index (χ0) is 21.3. The minimum Gasteiger partial charge on any atom is -0.378 e. The number of amides is 1. The van der Waals surface area contributed by atoms with E-state index in [4.69, 9.17) is 4.74 Å². The SMILES string of the molecule is CC1CCCCN1S(=O)(=O)c1ccc2c(c1)sc(=O)n2CCC(=O)N1CCOCC1. The van der Waals surface area contributed by atoms with Crippen molar-refractivity contribution in [2.45, 2.75) is 50.1 Å². The molecule has 2 aromatic rings. The van der Waals surface area contributed by atoms with E-state index in [0.29, 0.717) is 43.1 Å². The fraction of sp³-hybridized carbons (Fsp3) is 0.600. The number of aromatic nitrogens is 1. The van der Waals surface area contributed by atoms with Crippen LogP contribution in [-0.2, 0) is 26.1 Å². The molecular formula is C20H27N3O5S2. The summed E-state index contributed by atoms with van der Waals surface area (Å²) in [5.74, 6) is 0.00262. The van der Waals surface area contributed by atoms with E-state index >= 15 is 0 Å². The predicted molar refractivity (Wildman–Crippen MR) is 115 cm³/mol. The van der Waals surface area contributed by atoms with Crippen LogP contribution in [0.3, 0.4) is 0 Å². The highest BCUT2D eigenvalue weighted by atomic mass is 32.2. The Morgan fingerprint density at radius 3 is 2.70 bits per heavy atom. The number of benzene rings is 1. The Kier molecular flexibility index (Phi) is 6.29. The molecule has 2 aliphatic rings. The summed E-state index contributed by atoms with van der Waals surface area (Å²) < 4.78 is 35.2. The minimum absolute atomic E-state index is 0.00262. The van der Waals surface area contributed by atoms with E-state index < -0.39 is 10.0 Å². The molecule has 8 nitrogen and oxygen atoms in total. The Morgan fingerprint density at radius 1 is 1.20 bits per heavy atom. The van der Waals surface area contributed by atoms with Gasteiger partial charge in [-0.05, 0) is 38.0 Å².